The normalized spacial score (nSPS) is 40.8. The van der Waals surface area contributed by atoms with Crippen molar-refractivity contribution in [3.63, 3.8) is 0 Å². The molecule has 10 atom stereocenters. The van der Waals surface area contributed by atoms with Gasteiger partial charge >= 0.3 is 0 Å². The Morgan fingerprint density at radius 1 is 0.871 bits per heavy atom. The molecule has 0 saturated carbocycles. The Morgan fingerprint density at radius 2 is 1.42 bits per heavy atom. The second-order valence-corrected chi connectivity index (χ2v) is 7.56. The molecule has 1 amide bonds. The van der Waals surface area contributed by atoms with E-state index in [-0.39, 0.29) is 18.9 Å². The first-order chi connectivity index (χ1) is 14.7. The van der Waals surface area contributed by atoms with Gasteiger partial charge < -0.3 is 55.3 Å². The molecule has 2 aliphatic heterocycles. The van der Waals surface area contributed by atoms with Crippen LogP contribution in [-0.2, 0) is 19.0 Å². The Kier molecular flexibility index (Phi) is 10.0. The Labute approximate surface area is 179 Å². The third kappa shape index (κ3) is 6.56. The molecule has 2 rings (SSSR count). The molecule has 178 valence electrons. The highest BCUT2D eigenvalue weighted by Crippen LogP contribution is 2.28. The molecule has 0 aromatic rings. The van der Waals surface area contributed by atoms with Crippen LogP contribution >= 0.6 is 0 Å². The number of aliphatic hydroxyl groups is 7. The number of hydrogen-bond donors (Lipinski definition) is 8. The van der Waals surface area contributed by atoms with Gasteiger partial charge in [-0.05, 0) is 12.8 Å². The van der Waals surface area contributed by atoms with Crippen LogP contribution in [0.15, 0.2) is 0 Å². The number of amides is 1. The number of rotatable bonds is 9. The molecule has 8 N–H and O–H groups in total. The van der Waals surface area contributed by atoms with E-state index in [1.807, 2.05) is 0 Å². The zero-order valence-electron chi connectivity index (χ0n) is 16.9. The molecule has 2 fully saturated rings. The summed E-state index contributed by atoms with van der Waals surface area (Å²) < 4.78 is 16.0. The second kappa shape index (κ2) is 12.0. The van der Waals surface area contributed by atoms with Gasteiger partial charge in [0.05, 0.1) is 6.61 Å². The van der Waals surface area contributed by atoms with Crippen molar-refractivity contribution in [2.24, 2.45) is 0 Å². The van der Waals surface area contributed by atoms with Crippen molar-refractivity contribution in [2.45, 2.75) is 87.1 Å². The molecule has 0 spiro atoms. The van der Waals surface area contributed by atoms with Crippen LogP contribution in [0.25, 0.3) is 0 Å². The fraction of sp³-hybridized carbons (Fsp3) is 0.842. The molecule has 12 nitrogen and oxygen atoms in total. The van der Waals surface area contributed by atoms with E-state index in [2.05, 4.69) is 11.2 Å². The van der Waals surface area contributed by atoms with Crippen LogP contribution in [0.2, 0.25) is 0 Å². The quantitative estimate of drug-likeness (QED) is 0.126. The van der Waals surface area contributed by atoms with Crippen molar-refractivity contribution in [1.82, 2.24) is 5.32 Å². The molecule has 2 aliphatic rings. The van der Waals surface area contributed by atoms with Crippen LogP contribution in [0, 0.1) is 12.3 Å². The number of unbranched alkanes of at least 4 members (excludes halogenated alkanes) is 2. The summed E-state index contributed by atoms with van der Waals surface area (Å²) in [7, 11) is 0. The maximum absolute atomic E-state index is 11.9. The van der Waals surface area contributed by atoms with Crippen LogP contribution in [0.1, 0.15) is 25.7 Å². The minimum Gasteiger partial charge on any atom is -0.394 e. The average Bonchev–Trinajstić information content (AvgIpc) is 2.76. The van der Waals surface area contributed by atoms with Gasteiger partial charge in [0.25, 0.3) is 0 Å². The minimum absolute atomic E-state index is 0.201. The van der Waals surface area contributed by atoms with Gasteiger partial charge in [0, 0.05) is 19.4 Å². The number of nitrogens with one attached hydrogen (secondary N) is 1. The van der Waals surface area contributed by atoms with Crippen LogP contribution in [0.4, 0.5) is 0 Å². The molecule has 2 heterocycles. The van der Waals surface area contributed by atoms with Crippen molar-refractivity contribution >= 4 is 5.91 Å². The van der Waals surface area contributed by atoms with E-state index in [0.29, 0.717) is 19.3 Å². The lowest BCUT2D eigenvalue weighted by Crippen LogP contribution is -2.64. The van der Waals surface area contributed by atoms with Crippen molar-refractivity contribution < 1.29 is 54.8 Å². The lowest BCUT2D eigenvalue weighted by atomic mass is 9.98. The van der Waals surface area contributed by atoms with Crippen molar-refractivity contribution in [1.29, 1.82) is 0 Å². The van der Waals surface area contributed by atoms with Crippen molar-refractivity contribution in [2.75, 3.05) is 13.2 Å². The summed E-state index contributed by atoms with van der Waals surface area (Å²) in [4.78, 5) is 11.9. The molecule has 0 radical (unpaired) electrons. The third-order valence-electron chi connectivity index (χ3n) is 5.26. The number of carbonyl (C=O) groups excluding carboxylic acids is 1. The predicted octanol–water partition coefficient (Wildman–Crippen LogP) is -4.08. The minimum atomic E-state index is -1.75. The average molecular weight is 449 g/mol. The van der Waals surface area contributed by atoms with Crippen LogP contribution in [-0.4, -0.2) is 116 Å². The summed E-state index contributed by atoms with van der Waals surface area (Å²) in [6, 6.07) is 0. The Bertz CT molecular complexity index is 612. The molecule has 0 bridgehead atoms. The summed E-state index contributed by atoms with van der Waals surface area (Å²) in [6.45, 7) is -0.885. The summed E-state index contributed by atoms with van der Waals surface area (Å²) >= 11 is 0. The highest BCUT2D eigenvalue weighted by atomic mass is 16.8. The standard InChI is InChI=1S/C19H31NO11/c1-2-3-4-5-6-11(22)20-7-9-12(23)14(25)16(27)18(29-9)31-19-17(28)15(26)13(24)10(8-21)30-19/h1,9-10,12-19,21,23-28H,3-8H2,(H,20,22)/t9?,10?,12-,13-,14?,15?,16?,17?,18-,19-/m1/s1. The van der Waals surface area contributed by atoms with E-state index in [1.54, 1.807) is 0 Å². The lowest BCUT2D eigenvalue weighted by molar-refractivity contribution is -0.374. The van der Waals surface area contributed by atoms with Crippen LogP contribution in [0.5, 0.6) is 0 Å². The smallest absolute Gasteiger partial charge is 0.220 e. The first-order valence-corrected chi connectivity index (χ1v) is 10.1. The maximum Gasteiger partial charge on any atom is 0.220 e. The van der Waals surface area contributed by atoms with E-state index >= 15 is 0 Å². The van der Waals surface area contributed by atoms with Crippen LogP contribution < -0.4 is 5.32 Å². The van der Waals surface area contributed by atoms with E-state index in [9.17, 15) is 40.5 Å². The highest BCUT2D eigenvalue weighted by Gasteiger charge is 2.49. The molecule has 31 heavy (non-hydrogen) atoms. The zero-order valence-corrected chi connectivity index (χ0v) is 16.9. The van der Waals surface area contributed by atoms with Gasteiger partial charge in [0.1, 0.15) is 48.8 Å². The maximum atomic E-state index is 11.9. The number of ether oxygens (including phenoxy) is 3. The SMILES string of the molecule is C#CCCCCC(=O)NCC1O[C@H](O[C@H]2OC(CO)[C@@H](O)C(O)C2O)C(O)C(O)[C@@H]1O. The Balaban J connectivity index is 1.94. The summed E-state index contributed by atoms with van der Waals surface area (Å²) in [5.74, 6) is 2.15. The van der Waals surface area contributed by atoms with Gasteiger partial charge in [-0.1, -0.05) is 0 Å². The molecule has 2 saturated heterocycles. The number of hydrogen-bond acceptors (Lipinski definition) is 11. The molecule has 6 unspecified atom stereocenters. The molecule has 12 heteroatoms. The van der Waals surface area contributed by atoms with Crippen molar-refractivity contribution in [3.8, 4) is 12.3 Å². The lowest BCUT2D eigenvalue weighted by Gasteiger charge is -2.44. The topological polar surface area (TPSA) is 198 Å². The van der Waals surface area contributed by atoms with Gasteiger partial charge in [-0.15, -0.1) is 12.3 Å². The molecular weight excluding hydrogens is 418 g/mol. The monoisotopic (exact) mass is 449 g/mol. The number of terminal acetylenes is 1. The third-order valence-corrected chi connectivity index (χ3v) is 5.26. The Hall–Kier alpha value is -1.37. The van der Waals surface area contributed by atoms with Gasteiger partial charge in [0.15, 0.2) is 12.6 Å². The van der Waals surface area contributed by atoms with Gasteiger partial charge in [-0.25, -0.2) is 0 Å². The Morgan fingerprint density at radius 3 is 1.97 bits per heavy atom. The van der Waals surface area contributed by atoms with Gasteiger partial charge in [-0.3, -0.25) is 4.79 Å². The first-order valence-electron chi connectivity index (χ1n) is 10.1. The van der Waals surface area contributed by atoms with E-state index < -0.39 is 68.0 Å². The highest BCUT2D eigenvalue weighted by molar-refractivity contribution is 5.75. The van der Waals surface area contributed by atoms with E-state index in [0.717, 1.165) is 0 Å². The van der Waals surface area contributed by atoms with E-state index in [1.165, 1.54) is 0 Å². The molecule has 0 aromatic heterocycles. The fourth-order valence-electron chi connectivity index (χ4n) is 3.33. The van der Waals surface area contributed by atoms with Crippen molar-refractivity contribution in [3.05, 3.63) is 0 Å². The van der Waals surface area contributed by atoms with Gasteiger partial charge in [0.2, 0.25) is 5.91 Å². The van der Waals surface area contributed by atoms with E-state index in [4.69, 9.17) is 20.6 Å². The van der Waals surface area contributed by atoms with Crippen LogP contribution in [0.3, 0.4) is 0 Å². The number of carbonyl (C=O) groups is 1. The fourth-order valence-corrected chi connectivity index (χ4v) is 3.33. The first kappa shape index (κ1) is 25.9. The number of aliphatic hydroxyl groups excluding tert-OH is 7. The summed E-state index contributed by atoms with van der Waals surface area (Å²) in [6.07, 6.45) is -8.55. The predicted molar refractivity (Wildman–Crippen MR) is 102 cm³/mol. The summed E-state index contributed by atoms with van der Waals surface area (Å²) in [5, 5.41) is 71.9. The molecule has 0 aromatic carbocycles. The zero-order chi connectivity index (χ0) is 23.1. The molecule has 0 aliphatic carbocycles. The second-order valence-electron chi connectivity index (χ2n) is 7.56. The van der Waals surface area contributed by atoms with Gasteiger partial charge in [-0.2, -0.15) is 0 Å². The largest absolute Gasteiger partial charge is 0.394 e. The molecular formula is C19H31NO11. The summed E-state index contributed by atoms with van der Waals surface area (Å²) in [5.41, 5.74) is 0.